The van der Waals surface area contributed by atoms with Crippen LogP contribution < -0.4 is 20.7 Å². The van der Waals surface area contributed by atoms with E-state index in [9.17, 15) is 14.4 Å². The first kappa shape index (κ1) is 28.3. The highest BCUT2D eigenvalue weighted by Crippen LogP contribution is 2.65. The minimum absolute atomic E-state index is 0.138. The monoisotopic (exact) mass is 613 g/mol. The topological polar surface area (TPSA) is 96.5 Å². The Balaban J connectivity index is 1.48. The summed E-state index contributed by atoms with van der Waals surface area (Å²) in [6.07, 6.45) is 0. The maximum Gasteiger partial charge on any atom is 0.257 e. The number of anilines is 3. The van der Waals surface area contributed by atoms with E-state index < -0.39 is 28.0 Å². The second kappa shape index (κ2) is 11.2. The smallest absolute Gasteiger partial charge is 0.257 e. The van der Waals surface area contributed by atoms with Crippen molar-refractivity contribution in [1.29, 1.82) is 0 Å². The highest BCUT2D eigenvalue weighted by Gasteiger charge is 2.67. The quantitative estimate of drug-likeness (QED) is 0.242. The van der Waals surface area contributed by atoms with Crippen LogP contribution in [0.2, 0.25) is 15.1 Å². The number of rotatable bonds is 7. The molecule has 0 spiro atoms. The van der Waals surface area contributed by atoms with Gasteiger partial charge in [0.2, 0.25) is 11.8 Å². The van der Waals surface area contributed by atoms with E-state index in [-0.39, 0.29) is 26.5 Å². The molecule has 0 aromatic heterocycles. The van der Waals surface area contributed by atoms with Gasteiger partial charge in [-0.1, -0.05) is 34.8 Å². The molecule has 0 unspecified atom stereocenters. The number of alkyl halides is 2. The summed E-state index contributed by atoms with van der Waals surface area (Å²) in [4.78, 5) is 37.2. The molecule has 1 aliphatic carbocycles. The molecular weight excluding hydrogens is 596 g/mol. The molecule has 3 aromatic carbocycles. The predicted molar refractivity (Wildman–Crippen MR) is 152 cm³/mol. The molecule has 7 nitrogen and oxygen atoms in total. The number of carbonyl (C=O) groups is 3. The van der Waals surface area contributed by atoms with Crippen molar-refractivity contribution in [2.45, 2.75) is 17.2 Å². The van der Waals surface area contributed by atoms with Gasteiger partial charge in [-0.3, -0.25) is 14.4 Å². The molecule has 4 rings (SSSR count). The van der Waals surface area contributed by atoms with Gasteiger partial charge in [-0.15, -0.1) is 23.2 Å². The van der Waals surface area contributed by atoms with E-state index >= 15 is 0 Å². The number of hydrogen-bond donors (Lipinski definition) is 3. The van der Waals surface area contributed by atoms with Gasteiger partial charge in [0.25, 0.3) is 5.91 Å². The fraction of sp³-hybridized carbons (Fsp3) is 0.192. The van der Waals surface area contributed by atoms with Crippen LogP contribution in [-0.2, 0) is 9.59 Å². The van der Waals surface area contributed by atoms with Gasteiger partial charge in [-0.05, 0) is 60.2 Å². The van der Waals surface area contributed by atoms with Gasteiger partial charge in [-0.25, -0.2) is 0 Å². The fourth-order valence-corrected chi connectivity index (χ4v) is 5.75. The Hall–Kier alpha value is -2.68. The number of ether oxygens (including phenoxy) is 1. The Labute approximate surface area is 243 Å². The number of carbonyl (C=O) groups excluding carboxylic acids is 3. The first-order valence-electron chi connectivity index (χ1n) is 11.1. The number of amides is 3. The third-order valence-corrected chi connectivity index (χ3v) is 7.69. The van der Waals surface area contributed by atoms with Crippen molar-refractivity contribution in [3.63, 3.8) is 0 Å². The summed E-state index contributed by atoms with van der Waals surface area (Å²) in [7, 11) is 1.44. The van der Waals surface area contributed by atoms with Crippen LogP contribution in [0.4, 0.5) is 17.1 Å². The number of hydrogen-bond acceptors (Lipinski definition) is 4. The van der Waals surface area contributed by atoms with Crippen LogP contribution in [-0.4, -0.2) is 29.2 Å². The third-order valence-electron chi connectivity index (χ3n) is 5.86. The molecule has 0 saturated heterocycles. The zero-order valence-corrected chi connectivity index (χ0v) is 23.7. The molecule has 198 valence electrons. The zero-order valence-electron chi connectivity index (χ0n) is 19.9. The Morgan fingerprint density at radius 2 is 1.34 bits per heavy atom. The van der Waals surface area contributed by atoms with Gasteiger partial charge in [-0.2, -0.15) is 0 Å². The molecule has 3 N–H and O–H groups in total. The summed E-state index contributed by atoms with van der Waals surface area (Å²) in [5.41, 5.74) is 2.13. The van der Waals surface area contributed by atoms with Gasteiger partial charge in [0, 0.05) is 29.9 Å². The van der Waals surface area contributed by atoms with Crippen LogP contribution in [0.25, 0.3) is 0 Å². The predicted octanol–water partition coefficient (Wildman–Crippen LogP) is 7.39. The second-order valence-corrected chi connectivity index (χ2v) is 11.2. The number of methoxy groups -OCH3 is 1. The van der Waals surface area contributed by atoms with Gasteiger partial charge in [0.05, 0.1) is 33.7 Å². The second-order valence-electron chi connectivity index (χ2n) is 8.54. The summed E-state index contributed by atoms with van der Waals surface area (Å²) in [6.45, 7) is 1.40. The molecule has 0 radical (unpaired) electrons. The molecule has 0 bridgehead atoms. The van der Waals surface area contributed by atoms with Gasteiger partial charge < -0.3 is 20.7 Å². The molecule has 38 heavy (non-hydrogen) atoms. The third kappa shape index (κ3) is 5.98. The van der Waals surface area contributed by atoms with E-state index in [0.29, 0.717) is 28.4 Å². The summed E-state index contributed by atoms with van der Waals surface area (Å²) >= 11 is 31.7. The van der Waals surface area contributed by atoms with Gasteiger partial charge in [0.15, 0.2) is 5.75 Å². The molecule has 1 fully saturated rings. The minimum Gasteiger partial charge on any atom is -0.494 e. The molecule has 3 amide bonds. The lowest BCUT2D eigenvalue weighted by Gasteiger charge is -2.11. The van der Waals surface area contributed by atoms with Crippen LogP contribution in [0.1, 0.15) is 28.8 Å². The number of benzene rings is 3. The lowest BCUT2D eigenvalue weighted by molar-refractivity contribution is -0.117. The van der Waals surface area contributed by atoms with E-state index in [1.165, 1.54) is 26.2 Å². The van der Waals surface area contributed by atoms with Crippen molar-refractivity contribution in [2.24, 2.45) is 5.92 Å². The van der Waals surface area contributed by atoms with Crippen LogP contribution in [0.15, 0.2) is 54.6 Å². The van der Waals surface area contributed by atoms with E-state index in [1.807, 2.05) is 0 Å². The Kier molecular flexibility index (Phi) is 8.35. The highest BCUT2D eigenvalue weighted by atomic mass is 35.5. The van der Waals surface area contributed by atoms with Crippen LogP contribution in [0, 0.1) is 5.92 Å². The van der Waals surface area contributed by atoms with Crippen LogP contribution in [0.3, 0.4) is 0 Å². The van der Waals surface area contributed by atoms with Crippen molar-refractivity contribution in [2.75, 3.05) is 23.1 Å². The Morgan fingerprint density at radius 3 is 1.89 bits per heavy atom. The fourth-order valence-electron chi connectivity index (χ4n) is 4.06. The van der Waals surface area contributed by atoms with Crippen molar-refractivity contribution >= 4 is 92.8 Å². The lowest BCUT2D eigenvalue weighted by Crippen LogP contribution is -2.18. The SMILES string of the molecule is COc1c(Cl)cc([C@H]2[C@H](C(=O)Nc3ccc(Cl)c(C(=O)Nc4ccc(NC(C)=O)cc4)c3)C2(Cl)Cl)cc1Cl. The standard InChI is InChI=1S/C26H20Cl5N3O4/c1-12(35)32-14-3-5-15(6-4-14)33-24(36)17-11-16(7-8-18(17)27)34-25(37)22-21(26(22,30)31)13-9-19(28)23(38-2)20(29)10-13/h3-11,21-22H,1-2H3,(H,32,35)(H,33,36)(H,34,37)/t21-,22+/m0/s1. The van der Waals surface area contributed by atoms with E-state index in [2.05, 4.69) is 16.0 Å². The molecule has 0 heterocycles. The zero-order chi connectivity index (χ0) is 27.8. The highest BCUT2D eigenvalue weighted by molar-refractivity contribution is 6.53. The first-order chi connectivity index (χ1) is 17.9. The molecular formula is C26H20Cl5N3O4. The molecule has 12 heteroatoms. The largest absolute Gasteiger partial charge is 0.494 e. The average Bonchev–Trinajstić information content (AvgIpc) is 3.43. The van der Waals surface area contributed by atoms with Crippen molar-refractivity contribution in [1.82, 2.24) is 0 Å². The number of nitrogens with one attached hydrogen (secondary N) is 3. The van der Waals surface area contributed by atoms with E-state index in [4.69, 9.17) is 62.7 Å². The maximum atomic E-state index is 13.1. The van der Waals surface area contributed by atoms with E-state index in [0.717, 1.165) is 0 Å². The minimum atomic E-state index is -1.39. The van der Waals surface area contributed by atoms with E-state index in [1.54, 1.807) is 42.5 Å². The lowest BCUT2D eigenvalue weighted by atomic mass is 10.1. The Bertz CT molecular complexity index is 1410. The van der Waals surface area contributed by atoms with Crippen LogP contribution >= 0.6 is 58.0 Å². The first-order valence-corrected chi connectivity index (χ1v) is 13.0. The van der Waals surface area contributed by atoms with Gasteiger partial charge in [0.1, 0.15) is 4.33 Å². The molecule has 3 aromatic rings. The summed E-state index contributed by atoms with van der Waals surface area (Å²) in [5.74, 6) is -2.21. The van der Waals surface area contributed by atoms with Crippen molar-refractivity contribution < 1.29 is 19.1 Å². The van der Waals surface area contributed by atoms with Crippen molar-refractivity contribution in [3.05, 3.63) is 80.8 Å². The summed E-state index contributed by atoms with van der Waals surface area (Å²) < 4.78 is 3.78. The normalized spacial score (nSPS) is 17.3. The molecule has 1 saturated carbocycles. The number of halogens is 5. The van der Waals surface area contributed by atoms with Crippen molar-refractivity contribution in [3.8, 4) is 5.75 Å². The Morgan fingerprint density at radius 1 is 0.789 bits per heavy atom. The summed E-state index contributed by atoms with van der Waals surface area (Å²) in [6, 6.07) is 14.3. The summed E-state index contributed by atoms with van der Waals surface area (Å²) in [5, 5.41) is 8.84. The van der Waals surface area contributed by atoms with Crippen LogP contribution in [0.5, 0.6) is 5.75 Å². The molecule has 1 aliphatic rings. The average molecular weight is 616 g/mol. The maximum absolute atomic E-state index is 13.1. The molecule has 0 aliphatic heterocycles. The molecule has 2 atom stereocenters. The van der Waals surface area contributed by atoms with Gasteiger partial charge >= 0.3 is 0 Å².